The van der Waals surface area contributed by atoms with Gasteiger partial charge in [0, 0.05) is 18.7 Å². The van der Waals surface area contributed by atoms with Crippen molar-refractivity contribution in [2.24, 2.45) is 5.92 Å². The van der Waals surface area contributed by atoms with E-state index in [9.17, 15) is 9.59 Å². The van der Waals surface area contributed by atoms with E-state index in [4.69, 9.17) is 4.74 Å². The number of fused-ring (bicyclic) bond motifs is 1. The molecular weight excluding hydrogens is 436 g/mol. The number of amides is 2. The molecular formula is C30H32N2O3. The summed E-state index contributed by atoms with van der Waals surface area (Å²) < 4.78 is 5.79. The number of nitrogens with one attached hydrogen (secondary N) is 1. The van der Waals surface area contributed by atoms with Gasteiger partial charge in [0.2, 0.25) is 5.91 Å². The Kier molecular flexibility index (Phi) is 6.84. The molecule has 2 aliphatic heterocycles. The number of benzene rings is 3. The van der Waals surface area contributed by atoms with E-state index in [2.05, 4.69) is 29.6 Å². The first-order valence-electron chi connectivity index (χ1n) is 12.6. The van der Waals surface area contributed by atoms with Crippen LogP contribution in [0.2, 0.25) is 0 Å². The van der Waals surface area contributed by atoms with Crippen LogP contribution in [0.15, 0.2) is 72.8 Å². The molecule has 2 heterocycles. The molecule has 2 aliphatic rings. The minimum atomic E-state index is -0.251. The lowest BCUT2D eigenvalue weighted by Gasteiger charge is -2.33. The molecule has 3 aromatic carbocycles. The predicted molar refractivity (Wildman–Crippen MR) is 136 cm³/mol. The molecule has 180 valence electrons. The van der Waals surface area contributed by atoms with Crippen molar-refractivity contribution in [3.8, 4) is 5.75 Å². The van der Waals surface area contributed by atoms with Gasteiger partial charge in [-0.1, -0.05) is 54.1 Å². The fourth-order valence-electron chi connectivity index (χ4n) is 5.08. The monoisotopic (exact) mass is 468 g/mol. The number of likely N-dealkylation sites (tertiary alicyclic amines) is 1. The van der Waals surface area contributed by atoms with Crippen LogP contribution in [0, 0.1) is 12.8 Å². The lowest BCUT2D eigenvalue weighted by molar-refractivity contribution is -0.126. The van der Waals surface area contributed by atoms with Crippen LogP contribution in [0.4, 0.5) is 0 Å². The van der Waals surface area contributed by atoms with Crippen molar-refractivity contribution in [1.82, 2.24) is 10.2 Å². The average molecular weight is 469 g/mol. The normalized spacial score (nSPS) is 18.2. The SMILES string of the molecule is Cc1ccc(C(=O)N2CCCC(C(=O)NC(c3ccccc3)c3ccc4c(c3)CCCO4)C2)cc1. The van der Waals surface area contributed by atoms with E-state index in [-0.39, 0.29) is 23.8 Å². The third kappa shape index (κ3) is 5.24. The Balaban J connectivity index is 1.34. The Labute approximate surface area is 207 Å². The summed E-state index contributed by atoms with van der Waals surface area (Å²) in [6.45, 7) is 3.89. The van der Waals surface area contributed by atoms with Crippen LogP contribution in [0.1, 0.15) is 57.9 Å². The number of hydrogen-bond acceptors (Lipinski definition) is 3. The molecule has 0 bridgehead atoms. The Hall–Kier alpha value is -3.60. The summed E-state index contributed by atoms with van der Waals surface area (Å²) in [5, 5.41) is 3.32. The maximum Gasteiger partial charge on any atom is 0.253 e. The molecule has 3 aromatic rings. The van der Waals surface area contributed by atoms with Crippen molar-refractivity contribution in [3.63, 3.8) is 0 Å². The molecule has 0 radical (unpaired) electrons. The van der Waals surface area contributed by atoms with E-state index in [1.54, 1.807) is 0 Å². The van der Waals surface area contributed by atoms with Crippen molar-refractivity contribution < 1.29 is 14.3 Å². The fourth-order valence-corrected chi connectivity index (χ4v) is 5.08. The molecule has 0 aliphatic carbocycles. The van der Waals surface area contributed by atoms with E-state index >= 15 is 0 Å². The van der Waals surface area contributed by atoms with Gasteiger partial charge >= 0.3 is 0 Å². The first-order valence-corrected chi connectivity index (χ1v) is 12.6. The molecule has 0 spiro atoms. The number of piperidine rings is 1. The van der Waals surface area contributed by atoms with E-state index in [1.165, 1.54) is 5.56 Å². The lowest BCUT2D eigenvalue weighted by atomic mass is 9.92. The summed E-state index contributed by atoms with van der Waals surface area (Å²) in [5.74, 6) is 0.701. The predicted octanol–water partition coefficient (Wildman–Crippen LogP) is 5.08. The number of carbonyl (C=O) groups excluding carboxylic acids is 2. The zero-order valence-corrected chi connectivity index (χ0v) is 20.2. The minimum absolute atomic E-state index is 0.00297. The number of carbonyl (C=O) groups is 2. The quantitative estimate of drug-likeness (QED) is 0.568. The summed E-state index contributed by atoms with van der Waals surface area (Å²) in [6, 6.07) is 23.7. The third-order valence-electron chi connectivity index (χ3n) is 7.06. The summed E-state index contributed by atoms with van der Waals surface area (Å²) in [7, 11) is 0. The fraction of sp³-hybridized carbons (Fsp3) is 0.333. The van der Waals surface area contributed by atoms with Crippen LogP contribution in [0.3, 0.4) is 0 Å². The minimum Gasteiger partial charge on any atom is -0.493 e. The molecule has 5 heteroatoms. The van der Waals surface area contributed by atoms with Crippen molar-refractivity contribution in [1.29, 1.82) is 0 Å². The van der Waals surface area contributed by atoms with E-state index in [1.807, 2.05) is 60.4 Å². The second kappa shape index (κ2) is 10.3. The van der Waals surface area contributed by atoms with Gasteiger partial charge in [0.15, 0.2) is 0 Å². The summed E-state index contributed by atoms with van der Waals surface area (Å²) in [5.41, 5.74) is 5.09. The zero-order chi connectivity index (χ0) is 24.2. The van der Waals surface area contributed by atoms with Gasteiger partial charge in [0.1, 0.15) is 5.75 Å². The van der Waals surface area contributed by atoms with Crippen molar-refractivity contribution in [3.05, 3.63) is 101 Å². The Morgan fingerprint density at radius 2 is 1.77 bits per heavy atom. The molecule has 0 saturated carbocycles. The highest BCUT2D eigenvalue weighted by Gasteiger charge is 2.31. The Morgan fingerprint density at radius 3 is 2.57 bits per heavy atom. The Morgan fingerprint density at radius 1 is 0.971 bits per heavy atom. The van der Waals surface area contributed by atoms with Gasteiger partial charge in [-0.05, 0) is 73.6 Å². The highest BCUT2D eigenvalue weighted by atomic mass is 16.5. The van der Waals surface area contributed by atoms with Gasteiger partial charge in [-0.2, -0.15) is 0 Å². The molecule has 2 amide bonds. The molecule has 0 aromatic heterocycles. The van der Waals surface area contributed by atoms with Gasteiger partial charge < -0.3 is 15.0 Å². The van der Waals surface area contributed by atoms with Crippen LogP contribution in [0.25, 0.3) is 0 Å². The van der Waals surface area contributed by atoms with Gasteiger partial charge in [0.25, 0.3) is 5.91 Å². The van der Waals surface area contributed by atoms with Gasteiger partial charge in [0.05, 0.1) is 18.6 Å². The molecule has 1 saturated heterocycles. The van der Waals surface area contributed by atoms with Crippen molar-refractivity contribution >= 4 is 11.8 Å². The molecule has 1 fully saturated rings. The average Bonchev–Trinajstić information content (AvgIpc) is 2.92. The second-order valence-corrected chi connectivity index (χ2v) is 9.63. The van der Waals surface area contributed by atoms with Gasteiger partial charge in [-0.25, -0.2) is 0 Å². The maximum atomic E-state index is 13.5. The summed E-state index contributed by atoms with van der Waals surface area (Å²) in [4.78, 5) is 28.4. The Bertz CT molecular complexity index is 1190. The topological polar surface area (TPSA) is 58.6 Å². The first kappa shape index (κ1) is 23.2. The highest BCUT2D eigenvalue weighted by molar-refractivity contribution is 5.94. The third-order valence-corrected chi connectivity index (χ3v) is 7.06. The van der Waals surface area contributed by atoms with E-state index in [0.717, 1.165) is 54.7 Å². The van der Waals surface area contributed by atoms with Crippen LogP contribution in [-0.2, 0) is 11.2 Å². The van der Waals surface area contributed by atoms with Gasteiger partial charge in [-0.15, -0.1) is 0 Å². The van der Waals surface area contributed by atoms with Crippen molar-refractivity contribution in [2.45, 2.75) is 38.6 Å². The number of rotatable bonds is 5. The number of hydrogen-bond donors (Lipinski definition) is 1. The molecule has 2 unspecified atom stereocenters. The van der Waals surface area contributed by atoms with E-state index in [0.29, 0.717) is 18.7 Å². The van der Waals surface area contributed by atoms with Gasteiger partial charge in [-0.3, -0.25) is 9.59 Å². The second-order valence-electron chi connectivity index (χ2n) is 9.63. The molecule has 5 rings (SSSR count). The number of ether oxygens (including phenoxy) is 1. The van der Waals surface area contributed by atoms with Crippen LogP contribution < -0.4 is 10.1 Å². The molecule has 1 N–H and O–H groups in total. The first-order chi connectivity index (χ1) is 17.1. The van der Waals surface area contributed by atoms with Crippen LogP contribution in [0.5, 0.6) is 5.75 Å². The summed E-state index contributed by atoms with van der Waals surface area (Å²) >= 11 is 0. The highest BCUT2D eigenvalue weighted by Crippen LogP contribution is 2.31. The molecule has 5 nitrogen and oxygen atoms in total. The van der Waals surface area contributed by atoms with Crippen LogP contribution in [-0.4, -0.2) is 36.4 Å². The maximum absolute atomic E-state index is 13.5. The van der Waals surface area contributed by atoms with E-state index < -0.39 is 0 Å². The largest absolute Gasteiger partial charge is 0.493 e. The zero-order valence-electron chi connectivity index (χ0n) is 20.2. The van der Waals surface area contributed by atoms with Crippen molar-refractivity contribution in [2.75, 3.05) is 19.7 Å². The standard InChI is InChI=1S/C30H32N2O3/c1-21-11-13-23(14-12-21)30(34)32-17-5-9-26(20-32)29(33)31-28(22-7-3-2-4-8-22)25-15-16-27-24(19-25)10-6-18-35-27/h2-4,7-8,11-16,19,26,28H,5-6,9-10,17-18,20H2,1H3,(H,31,33). The lowest BCUT2D eigenvalue weighted by Crippen LogP contribution is -2.46. The number of nitrogens with zero attached hydrogens (tertiary/aromatic N) is 1. The molecule has 35 heavy (non-hydrogen) atoms. The molecule has 2 atom stereocenters. The number of aryl methyl sites for hydroxylation is 2. The smallest absolute Gasteiger partial charge is 0.253 e. The summed E-state index contributed by atoms with van der Waals surface area (Å²) in [6.07, 6.45) is 3.59. The van der Waals surface area contributed by atoms with Crippen LogP contribution >= 0.6 is 0 Å².